The first-order chi connectivity index (χ1) is 21.5. The Labute approximate surface area is 265 Å². The van der Waals surface area contributed by atoms with E-state index in [2.05, 4.69) is 0 Å². The van der Waals surface area contributed by atoms with Gasteiger partial charge in [0, 0.05) is 17.9 Å². The number of carbonyl (C=O) groups is 2. The molecule has 1 N–H and O–H groups in total. The van der Waals surface area contributed by atoms with Crippen molar-refractivity contribution in [2.45, 2.75) is 41.6 Å². The van der Waals surface area contributed by atoms with Crippen LogP contribution >= 0.6 is 23.2 Å². The average Bonchev–Trinajstić information content (AvgIpc) is 3.37. The maximum absolute atomic E-state index is 14.4. The summed E-state index contributed by atoms with van der Waals surface area (Å²) in [4.78, 5) is 52.7. The predicted molar refractivity (Wildman–Crippen MR) is 164 cm³/mol. The lowest BCUT2D eigenvalue weighted by Gasteiger charge is -2.49. The molecular formula is C32H25Cl2FN4O6. The molecule has 1 aromatic heterocycles. The first-order valence-corrected chi connectivity index (χ1v) is 15.0. The molecule has 1 saturated carbocycles. The van der Waals surface area contributed by atoms with Crippen molar-refractivity contribution in [1.82, 2.24) is 13.9 Å². The predicted octanol–water partition coefficient (Wildman–Crippen LogP) is 4.24. The van der Waals surface area contributed by atoms with E-state index >= 15 is 0 Å². The number of aromatic nitrogens is 3. The molecule has 230 valence electrons. The first-order valence-electron chi connectivity index (χ1n) is 14.2. The second-order valence-electron chi connectivity index (χ2n) is 11.1. The van der Waals surface area contributed by atoms with Crippen molar-refractivity contribution in [3.8, 4) is 17.2 Å². The Morgan fingerprint density at radius 2 is 1.62 bits per heavy atom. The van der Waals surface area contributed by atoms with Crippen LogP contribution in [0, 0.1) is 5.82 Å². The quantitative estimate of drug-likeness (QED) is 0.196. The maximum atomic E-state index is 14.4. The topological polar surface area (TPSA) is 116 Å². The summed E-state index contributed by atoms with van der Waals surface area (Å²) in [6.45, 7) is 1.90. The third kappa shape index (κ3) is 3.86. The van der Waals surface area contributed by atoms with Gasteiger partial charge in [-0.05, 0) is 55.0 Å². The van der Waals surface area contributed by atoms with Crippen LogP contribution in [0.1, 0.15) is 30.9 Å². The van der Waals surface area contributed by atoms with Gasteiger partial charge in [-0.25, -0.2) is 32.8 Å². The number of rotatable bonds is 5. The maximum Gasteiger partial charge on any atom is 0.352 e. The molecule has 0 spiro atoms. The van der Waals surface area contributed by atoms with Gasteiger partial charge in [0.1, 0.15) is 5.82 Å². The molecule has 4 atom stereocenters. The smallest absolute Gasteiger partial charge is 0.352 e. The number of benzene rings is 3. The zero-order chi connectivity index (χ0) is 31.8. The van der Waals surface area contributed by atoms with Gasteiger partial charge in [0.05, 0.1) is 30.6 Å². The number of ether oxygens (including phenoxy) is 1. The van der Waals surface area contributed by atoms with Crippen molar-refractivity contribution in [2.75, 3.05) is 11.5 Å². The molecule has 0 unspecified atom stereocenters. The summed E-state index contributed by atoms with van der Waals surface area (Å²) in [5.74, 6) is -3.79. The highest BCUT2D eigenvalue weighted by Crippen LogP contribution is 2.65. The second kappa shape index (κ2) is 10.2. The number of hydrogen-bond acceptors (Lipinski definition) is 6. The summed E-state index contributed by atoms with van der Waals surface area (Å²) < 4.78 is 23.0. The van der Waals surface area contributed by atoms with Crippen LogP contribution in [-0.4, -0.2) is 47.2 Å². The van der Waals surface area contributed by atoms with Gasteiger partial charge in [-0.3, -0.25) is 9.59 Å². The van der Waals surface area contributed by atoms with E-state index < -0.39 is 50.7 Å². The van der Waals surface area contributed by atoms with Gasteiger partial charge in [0.2, 0.25) is 0 Å². The zero-order valence-corrected chi connectivity index (χ0v) is 25.2. The number of hydrogen-bond donors (Lipinski definition) is 1. The lowest BCUT2D eigenvalue weighted by molar-refractivity contribution is -0.122. The molecule has 0 bridgehead atoms. The number of phenolic OH excluding ortho intramolecular Hbond substituents is 1. The molecule has 1 saturated heterocycles. The Bertz CT molecular complexity index is 2040. The lowest BCUT2D eigenvalue weighted by atomic mass is 9.64. The van der Waals surface area contributed by atoms with Crippen molar-refractivity contribution >= 4 is 40.7 Å². The van der Waals surface area contributed by atoms with E-state index in [0.717, 1.165) is 21.6 Å². The Morgan fingerprint density at radius 1 is 0.911 bits per heavy atom. The van der Waals surface area contributed by atoms with Gasteiger partial charge < -0.3 is 9.84 Å². The molecule has 4 aromatic rings. The molecule has 2 aliphatic heterocycles. The average molecular weight is 651 g/mol. The number of allylic oxidation sites excluding steroid dienone is 2. The number of alkyl halides is 2. The molecule has 13 heteroatoms. The number of anilines is 1. The van der Waals surface area contributed by atoms with Gasteiger partial charge in [-0.15, -0.1) is 23.2 Å². The largest absolute Gasteiger partial charge is 0.504 e. The fraction of sp³-hybridized carbons (Fsp3) is 0.250. The second-order valence-corrected chi connectivity index (χ2v) is 12.3. The molecule has 0 radical (unpaired) electrons. The van der Waals surface area contributed by atoms with E-state index in [-0.39, 0.29) is 42.3 Å². The number of aromatic hydroxyl groups is 1. The molecule has 3 aliphatic rings. The third-order valence-electron chi connectivity index (χ3n) is 8.82. The Kier molecular flexibility index (Phi) is 6.61. The SMILES string of the molecule is CCOc1cccc([C@H]2C3=CCn4c(=O)n(-c5ccccc5)c(=O)n4[C@@H]3C[C@@]3(Cl)C(=O)N(c4ccc(F)cc4)C(=O)[C@@]23Cl)c1O. The van der Waals surface area contributed by atoms with E-state index in [1.807, 2.05) is 0 Å². The number of para-hydroxylation sites is 2. The van der Waals surface area contributed by atoms with Gasteiger partial charge in [0.25, 0.3) is 11.8 Å². The first kappa shape index (κ1) is 29.1. The zero-order valence-electron chi connectivity index (χ0n) is 23.7. The van der Waals surface area contributed by atoms with Crippen LogP contribution in [0.4, 0.5) is 10.1 Å². The summed E-state index contributed by atoms with van der Waals surface area (Å²) in [7, 11) is 0. The molecule has 3 aromatic carbocycles. The van der Waals surface area contributed by atoms with Gasteiger partial charge in [0.15, 0.2) is 21.2 Å². The van der Waals surface area contributed by atoms with E-state index in [1.165, 1.54) is 21.5 Å². The number of nitrogens with zero attached hydrogens (tertiary/aromatic N) is 4. The van der Waals surface area contributed by atoms with Gasteiger partial charge in [-0.2, -0.15) is 0 Å². The molecule has 45 heavy (non-hydrogen) atoms. The number of fused-ring (bicyclic) bond motifs is 4. The van der Waals surface area contributed by atoms with Gasteiger partial charge >= 0.3 is 11.4 Å². The molecule has 2 amide bonds. The summed E-state index contributed by atoms with van der Waals surface area (Å²) in [5.41, 5.74) is -0.326. The van der Waals surface area contributed by atoms with Crippen molar-refractivity contribution in [3.05, 3.63) is 117 Å². The fourth-order valence-electron chi connectivity index (χ4n) is 6.85. The van der Waals surface area contributed by atoms with Crippen LogP contribution in [0.15, 0.2) is 94.0 Å². The standard InChI is InChI=1S/C32H25Cl2FN4O6/c1-2-45-24-10-6-9-22(26(24)40)25-21-15-16-36-29(43)38(19-7-4-3-5-8-19)30(44)39(36)23(21)17-31(33)27(41)37(28(42)32(25,31)34)20-13-11-18(35)12-14-20/h3-15,23,25,40H,2,16-17H2,1H3/t23-,25-,31-,32+/m1/s1. The highest BCUT2D eigenvalue weighted by Gasteiger charge is 2.76. The van der Waals surface area contributed by atoms with Crippen LogP contribution in [0.5, 0.6) is 11.5 Å². The fourth-order valence-corrected chi connectivity index (χ4v) is 7.76. The number of amides is 2. The van der Waals surface area contributed by atoms with Crippen molar-refractivity contribution in [1.29, 1.82) is 0 Å². The molecule has 3 heterocycles. The molecule has 10 nitrogen and oxygen atoms in total. The van der Waals surface area contributed by atoms with E-state index in [4.69, 9.17) is 27.9 Å². The lowest BCUT2D eigenvalue weighted by Crippen LogP contribution is -2.59. The molecule has 1 aliphatic carbocycles. The van der Waals surface area contributed by atoms with Crippen LogP contribution in [0.3, 0.4) is 0 Å². The van der Waals surface area contributed by atoms with E-state index in [1.54, 1.807) is 61.5 Å². The van der Waals surface area contributed by atoms with Crippen LogP contribution in [-0.2, 0) is 16.1 Å². The Morgan fingerprint density at radius 3 is 2.31 bits per heavy atom. The Hall–Kier alpha value is -4.61. The summed E-state index contributed by atoms with van der Waals surface area (Å²) in [5, 5.41) is 11.5. The number of imide groups is 1. The molecule has 2 fully saturated rings. The summed E-state index contributed by atoms with van der Waals surface area (Å²) >= 11 is 14.7. The molecular weight excluding hydrogens is 626 g/mol. The summed E-state index contributed by atoms with van der Waals surface area (Å²) in [6.07, 6.45) is 1.34. The Balaban J connectivity index is 1.48. The minimum Gasteiger partial charge on any atom is -0.504 e. The summed E-state index contributed by atoms with van der Waals surface area (Å²) in [6, 6.07) is 16.8. The third-order valence-corrected chi connectivity index (χ3v) is 10.2. The van der Waals surface area contributed by atoms with Crippen LogP contribution in [0.2, 0.25) is 0 Å². The highest BCUT2D eigenvalue weighted by molar-refractivity contribution is 6.58. The van der Waals surface area contributed by atoms with Gasteiger partial charge in [-0.1, -0.05) is 36.4 Å². The number of halogens is 3. The number of carbonyl (C=O) groups excluding carboxylic acids is 2. The monoisotopic (exact) mass is 650 g/mol. The van der Waals surface area contributed by atoms with Crippen molar-refractivity contribution in [2.24, 2.45) is 0 Å². The van der Waals surface area contributed by atoms with Crippen LogP contribution < -0.4 is 21.0 Å². The highest BCUT2D eigenvalue weighted by atomic mass is 35.5. The van der Waals surface area contributed by atoms with Crippen molar-refractivity contribution < 1.29 is 23.8 Å². The minimum atomic E-state index is -2.21. The molecule has 7 rings (SSSR count). The van der Waals surface area contributed by atoms with Crippen LogP contribution in [0.25, 0.3) is 5.69 Å². The van der Waals surface area contributed by atoms with E-state index in [9.17, 15) is 28.7 Å². The normalized spacial score (nSPS) is 25.4. The van der Waals surface area contributed by atoms with Crippen molar-refractivity contribution in [3.63, 3.8) is 0 Å². The minimum absolute atomic E-state index is 0.0492. The van der Waals surface area contributed by atoms with E-state index in [0.29, 0.717) is 11.3 Å². The number of phenols is 1.